The van der Waals surface area contributed by atoms with Crippen LogP contribution >= 0.6 is 0 Å². The van der Waals surface area contributed by atoms with Gasteiger partial charge in [0.25, 0.3) is 0 Å². The molecule has 18 heavy (non-hydrogen) atoms. The van der Waals surface area contributed by atoms with Crippen LogP contribution in [0, 0.1) is 6.92 Å². The summed E-state index contributed by atoms with van der Waals surface area (Å²) in [7, 11) is 0. The first-order valence-corrected chi connectivity index (χ1v) is 6.75. The van der Waals surface area contributed by atoms with Gasteiger partial charge in [0.05, 0.1) is 12.3 Å². The minimum Gasteiger partial charge on any atom is -0.395 e. The second-order valence-corrected chi connectivity index (χ2v) is 4.96. The average molecular weight is 249 g/mol. The lowest BCUT2D eigenvalue weighted by Crippen LogP contribution is -2.32. The van der Waals surface area contributed by atoms with E-state index in [4.69, 9.17) is 5.11 Å². The predicted octanol–water partition coefficient (Wildman–Crippen LogP) is 0.890. The number of β-amino-alcohol motifs (C(OH)–C–C–N with tert-alkyl or cyclic N) is 1. The standard InChI is InChI=1S/C14H23N3O/c1-13-4-2-5-15-14(13)12-17-7-3-6-16(8-9-17)10-11-18/h2,4-5,18H,3,6-12H2,1H3. The highest BCUT2D eigenvalue weighted by molar-refractivity contribution is 5.17. The molecule has 1 aliphatic heterocycles. The van der Waals surface area contributed by atoms with Crippen LogP contribution in [0.15, 0.2) is 18.3 Å². The molecule has 0 atom stereocenters. The number of aliphatic hydroxyl groups excluding tert-OH is 1. The maximum Gasteiger partial charge on any atom is 0.0573 e. The zero-order valence-corrected chi connectivity index (χ0v) is 11.2. The summed E-state index contributed by atoms with van der Waals surface area (Å²) in [5.41, 5.74) is 2.46. The summed E-state index contributed by atoms with van der Waals surface area (Å²) < 4.78 is 0. The van der Waals surface area contributed by atoms with Gasteiger partial charge in [0.1, 0.15) is 0 Å². The molecule has 1 aromatic rings. The summed E-state index contributed by atoms with van der Waals surface area (Å²) in [5.74, 6) is 0. The van der Waals surface area contributed by atoms with E-state index < -0.39 is 0 Å². The van der Waals surface area contributed by atoms with E-state index in [-0.39, 0.29) is 6.61 Å². The van der Waals surface area contributed by atoms with Crippen molar-refractivity contribution in [1.29, 1.82) is 0 Å². The molecular weight excluding hydrogens is 226 g/mol. The van der Waals surface area contributed by atoms with Crippen LogP contribution in [0.1, 0.15) is 17.7 Å². The van der Waals surface area contributed by atoms with Crippen molar-refractivity contribution in [2.45, 2.75) is 19.9 Å². The zero-order valence-electron chi connectivity index (χ0n) is 11.2. The Balaban J connectivity index is 1.89. The number of pyridine rings is 1. The molecule has 1 saturated heterocycles. The Kier molecular flexibility index (Phi) is 5.11. The molecule has 4 nitrogen and oxygen atoms in total. The van der Waals surface area contributed by atoms with Crippen LogP contribution in [0.25, 0.3) is 0 Å². The number of aromatic nitrogens is 1. The fourth-order valence-electron chi connectivity index (χ4n) is 2.44. The summed E-state index contributed by atoms with van der Waals surface area (Å²) >= 11 is 0. The van der Waals surface area contributed by atoms with Gasteiger partial charge in [-0.2, -0.15) is 0 Å². The quantitative estimate of drug-likeness (QED) is 0.860. The molecule has 0 spiro atoms. The minimum absolute atomic E-state index is 0.263. The number of hydrogen-bond donors (Lipinski definition) is 1. The van der Waals surface area contributed by atoms with E-state index in [1.165, 1.54) is 17.7 Å². The molecule has 0 radical (unpaired) electrons. The number of rotatable bonds is 4. The van der Waals surface area contributed by atoms with Gasteiger partial charge in [-0.3, -0.25) is 14.8 Å². The van der Waals surface area contributed by atoms with Crippen LogP contribution in [-0.4, -0.2) is 59.2 Å². The Morgan fingerprint density at radius 2 is 2.00 bits per heavy atom. The molecule has 0 bridgehead atoms. The maximum atomic E-state index is 8.98. The van der Waals surface area contributed by atoms with Crippen LogP contribution in [0.4, 0.5) is 0 Å². The SMILES string of the molecule is Cc1cccnc1CN1CCCN(CCO)CC1. The molecule has 0 unspecified atom stereocenters. The van der Waals surface area contributed by atoms with Crippen molar-refractivity contribution < 1.29 is 5.11 Å². The predicted molar refractivity (Wildman–Crippen MR) is 72.4 cm³/mol. The normalized spacial score (nSPS) is 18.8. The van der Waals surface area contributed by atoms with Crippen molar-refractivity contribution in [2.24, 2.45) is 0 Å². The fraction of sp³-hybridized carbons (Fsp3) is 0.643. The Labute approximate surface area is 109 Å². The first kappa shape index (κ1) is 13.5. The summed E-state index contributed by atoms with van der Waals surface area (Å²) in [6.45, 7) is 8.46. The second kappa shape index (κ2) is 6.83. The van der Waals surface area contributed by atoms with Crippen molar-refractivity contribution in [2.75, 3.05) is 39.3 Å². The van der Waals surface area contributed by atoms with Gasteiger partial charge in [-0.25, -0.2) is 0 Å². The fourth-order valence-corrected chi connectivity index (χ4v) is 2.44. The molecule has 0 aromatic carbocycles. The average Bonchev–Trinajstić information content (AvgIpc) is 2.59. The van der Waals surface area contributed by atoms with E-state index in [1.54, 1.807) is 0 Å². The van der Waals surface area contributed by atoms with E-state index in [2.05, 4.69) is 27.8 Å². The van der Waals surface area contributed by atoms with Crippen LogP contribution < -0.4 is 0 Å². The first-order chi connectivity index (χ1) is 8.79. The Morgan fingerprint density at radius 3 is 2.78 bits per heavy atom. The van der Waals surface area contributed by atoms with Crippen molar-refractivity contribution in [3.8, 4) is 0 Å². The summed E-state index contributed by atoms with van der Waals surface area (Å²) in [4.78, 5) is 9.27. The van der Waals surface area contributed by atoms with Crippen molar-refractivity contribution in [3.05, 3.63) is 29.6 Å². The van der Waals surface area contributed by atoms with Gasteiger partial charge in [0.15, 0.2) is 0 Å². The highest BCUT2D eigenvalue weighted by Crippen LogP contribution is 2.10. The molecule has 1 aliphatic rings. The van der Waals surface area contributed by atoms with Gasteiger partial charge in [-0.05, 0) is 38.1 Å². The lowest BCUT2D eigenvalue weighted by atomic mass is 10.2. The van der Waals surface area contributed by atoms with Gasteiger partial charge < -0.3 is 5.11 Å². The summed E-state index contributed by atoms with van der Waals surface area (Å²) in [5, 5.41) is 8.98. The number of nitrogens with zero attached hydrogens (tertiary/aromatic N) is 3. The third-order valence-corrected chi connectivity index (χ3v) is 3.59. The van der Waals surface area contributed by atoms with Gasteiger partial charge in [0, 0.05) is 32.4 Å². The van der Waals surface area contributed by atoms with Gasteiger partial charge in [-0.1, -0.05) is 6.07 Å². The van der Waals surface area contributed by atoms with Gasteiger partial charge >= 0.3 is 0 Å². The van der Waals surface area contributed by atoms with Crippen LogP contribution in [-0.2, 0) is 6.54 Å². The van der Waals surface area contributed by atoms with E-state index in [9.17, 15) is 0 Å². The Hall–Kier alpha value is -0.970. The van der Waals surface area contributed by atoms with E-state index in [0.717, 1.165) is 39.3 Å². The van der Waals surface area contributed by atoms with E-state index >= 15 is 0 Å². The largest absolute Gasteiger partial charge is 0.395 e. The molecular formula is C14H23N3O. The molecule has 0 amide bonds. The molecule has 2 rings (SSSR count). The molecule has 4 heteroatoms. The Morgan fingerprint density at radius 1 is 1.22 bits per heavy atom. The third-order valence-electron chi connectivity index (χ3n) is 3.59. The second-order valence-electron chi connectivity index (χ2n) is 4.96. The van der Waals surface area contributed by atoms with Crippen LogP contribution in [0.3, 0.4) is 0 Å². The molecule has 1 N–H and O–H groups in total. The van der Waals surface area contributed by atoms with Crippen LogP contribution in [0.2, 0.25) is 0 Å². The van der Waals surface area contributed by atoms with Gasteiger partial charge in [-0.15, -0.1) is 0 Å². The van der Waals surface area contributed by atoms with Gasteiger partial charge in [0.2, 0.25) is 0 Å². The van der Waals surface area contributed by atoms with Crippen LogP contribution in [0.5, 0.6) is 0 Å². The highest BCUT2D eigenvalue weighted by atomic mass is 16.3. The van der Waals surface area contributed by atoms with E-state index in [0.29, 0.717) is 0 Å². The highest BCUT2D eigenvalue weighted by Gasteiger charge is 2.15. The number of aryl methyl sites for hydroxylation is 1. The molecule has 2 heterocycles. The molecule has 1 aromatic heterocycles. The maximum absolute atomic E-state index is 8.98. The molecule has 100 valence electrons. The lowest BCUT2D eigenvalue weighted by molar-refractivity contribution is 0.195. The molecule has 1 fully saturated rings. The van der Waals surface area contributed by atoms with Crippen molar-refractivity contribution >= 4 is 0 Å². The lowest BCUT2D eigenvalue weighted by Gasteiger charge is -2.21. The minimum atomic E-state index is 0.263. The Bertz CT molecular complexity index is 370. The smallest absolute Gasteiger partial charge is 0.0573 e. The number of aliphatic hydroxyl groups is 1. The number of hydrogen-bond acceptors (Lipinski definition) is 4. The molecule has 0 aliphatic carbocycles. The zero-order chi connectivity index (χ0) is 12.8. The van der Waals surface area contributed by atoms with E-state index in [1.807, 2.05) is 12.3 Å². The summed E-state index contributed by atoms with van der Waals surface area (Å²) in [6, 6.07) is 4.11. The first-order valence-electron chi connectivity index (χ1n) is 6.75. The summed E-state index contributed by atoms with van der Waals surface area (Å²) in [6.07, 6.45) is 3.05. The topological polar surface area (TPSA) is 39.6 Å². The van der Waals surface area contributed by atoms with Crippen molar-refractivity contribution in [1.82, 2.24) is 14.8 Å². The third kappa shape index (κ3) is 3.77. The monoisotopic (exact) mass is 249 g/mol. The molecule has 0 saturated carbocycles. The van der Waals surface area contributed by atoms with Crippen molar-refractivity contribution in [3.63, 3.8) is 0 Å².